The number of hydrogen-bond donors (Lipinski definition) is 1. The van der Waals surface area contributed by atoms with Crippen LogP contribution < -0.4 is 4.74 Å². The highest BCUT2D eigenvalue weighted by atomic mass is 35.5. The first-order valence-corrected chi connectivity index (χ1v) is 6.57. The summed E-state index contributed by atoms with van der Waals surface area (Å²) in [6.07, 6.45) is 0.878. The van der Waals surface area contributed by atoms with Crippen LogP contribution in [0.25, 0.3) is 0 Å². The van der Waals surface area contributed by atoms with Crippen molar-refractivity contribution in [2.75, 3.05) is 0 Å². The Morgan fingerprint density at radius 2 is 1.79 bits per heavy atom. The number of rotatable bonds is 3. The van der Waals surface area contributed by atoms with Crippen molar-refractivity contribution in [3.8, 4) is 11.5 Å². The molecular weight excluding hydrogens is 309 g/mol. The van der Waals surface area contributed by atoms with Gasteiger partial charge >= 0.3 is 0 Å². The van der Waals surface area contributed by atoms with E-state index in [1.165, 1.54) is 18.3 Å². The smallest absolute Gasteiger partial charge is 0.147 e. The van der Waals surface area contributed by atoms with E-state index in [-0.39, 0.29) is 0 Å². The molecule has 1 aromatic carbocycles. The van der Waals surface area contributed by atoms with Gasteiger partial charge in [0.1, 0.15) is 11.5 Å². The third-order valence-electron chi connectivity index (χ3n) is 2.39. The van der Waals surface area contributed by atoms with Gasteiger partial charge in [-0.1, -0.05) is 34.8 Å². The highest BCUT2D eigenvalue weighted by molar-refractivity contribution is 6.43. The van der Waals surface area contributed by atoms with Crippen LogP contribution in [0.2, 0.25) is 15.1 Å². The fraction of sp³-hybridized carbons (Fsp3) is 0.154. The van der Waals surface area contributed by atoms with Crippen LogP contribution in [0.5, 0.6) is 11.5 Å². The summed E-state index contributed by atoms with van der Waals surface area (Å²) in [5.74, 6) is 0.882. The molecule has 0 saturated carbocycles. The van der Waals surface area contributed by atoms with Gasteiger partial charge in [-0.2, -0.15) is 0 Å². The summed E-state index contributed by atoms with van der Waals surface area (Å²) >= 11 is 17.7. The lowest BCUT2D eigenvalue weighted by Gasteiger charge is -2.09. The van der Waals surface area contributed by atoms with Crippen LogP contribution in [-0.2, 0) is 0 Å². The molecule has 0 bridgehead atoms. The van der Waals surface area contributed by atoms with Crippen LogP contribution in [-0.4, -0.2) is 10.1 Å². The van der Waals surface area contributed by atoms with Crippen molar-refractivity contribution in [2.24, 2.45) is 0 Å². The molecule has 19 heavy (non-hydrogen) atoms. The van der Waals surface area contributed by atoms with Crippen molar-refractivity contribution in [3.63, 3.8) is 0 Å². The summed E-state index contributed by atoms with van der Waals surface area (Å²) in [5.41, 5.74) is 0.563. The molecule has 0 saturated heterocycles. The molecule has 3 nitrogen and oxygen atoms in total. The van der Waals surface area contributed by atoms with Crippen LogP contribution in [0, 0.1) is 0 Å². The van der Waals surface area contributed by atoms with E-state index in [2.05, 4.69) is 4.98 Å². The Hall–Kier alpha value is -1.00. The van der Waals surface area contributed by atoms with Gasteiger partial charge in [0.2, 0.25) is 0 Å². The maximum absolute atomic E-state index is 9.36. The third-order valence-corrected chi connectivity index (χ3v) is 3.41. The Kier molecular flexibility index (Phi) is 4.53. The van der Waals surface area contributed by atoms with E-state index in [0.29, 0.717) is 32.3 Å². The molecule has 6 heteroatoms. The molecule has 2 rings (SSSR count). The number of pyridine rings is 1. The SMILES string of the molecule is C[C@H](O)c1ccc(Oc2cc(Cl)c(Cl)cc2Cl)cn1. The van der Waals surface area contributed by atoms with Gasteiger partial charge < -0.3 is 9.84 Å². The minimum Gasteiger partial charge on any atom is -0.454 e. The molecule has 0 radical (unpaired) electrons. The molecule has 1 atom stereocenters. The van der Waals surface area contributed by atoms with Crippen molar-refractivity contribution in [1.82, 2.24) is 4.98 Å². The highest BCUT2D eigenvalue weighted by Gasteiger charge is 2.09. The number of halogens is 3. The van der Waals surface area contributed by atoms with Gasteiger partial charge in [-0.15, -0.1) is 0 Å². The van der Waals surface area contributed by atoms with E-state index >= 15 is 0 Å². The molecule has 0 amide bonds. The van der Waals surface area contributed by atoms with Gasteiger partial charge in [-0.3, -0.25) is 4.98 Å². The summed E-state index contributed by atoms with van der Waals surface area (Å²) < 4.78 is 5.56. The molecule has 1 N–H and O–H groups in total. The van der Waals surface area contributed by atoms with Crippen molar-refractivity contribution >= 4 is 34.8 Å². The molecule has 0 aliphatic carbocycles. The molecule has 1 aromatic heterocycles. The predicted octanol–water partition coefficient (Wildman–Crippen LogP) is 4.89. The van der Waals surface area contributed by atoms with Crippen molar-refractivity contribution in [1.29, 1.82) is 0 Å². The minimum atomic E-state index is -0.623. The lowest BCUT2D eigenvalue weighted by Crippen LogP contribution is -1.95. The standard InChI is InChI=1S/C13H10Cl3NO2/c1-7(18)12-3-2-8(6-17-12)19-13-5-10(15)9(14)4-11(13)16/h2-7,18H,1H3/t7-/m0/s1. The highest BCUT2D eigenvalue weighted by Crippen LogP contribution is 2.36. The summed E-state index contributed by atoms with van der Waals surface area (Å²) in [6, 6.07) is 6.41. The zero-order valence-electron chi connectivity index (χ0n) is 9.90. The number of nitrogens with zero attached hydrogens (tertiary/aromatic N) is 1. The Balaban J connectivity index is 2.24. The summed E-state index contributed by atoms with van der Waals surface area (Å²) in [7, 11) is 0. The fourth-order valence-corrected chi connectivity index (χ4v) is 1.98. The normalized spacial score (nSPS) is 12.3. The van der Waals surface area contributed by atoms with E-state index in [0.717, 1.165) is 0 Å². The Bertz CT molecular complexity index is 585. The molecule has 0 unspecified atom stereocenters. The predicted molar refractivity (Wildman–Crippen MR) is 76.4 cm³/mol. The van der Waals surface area contributed by atoms with Gasteiger partial charge in [-0.05, 0) is 25.1 Å². The maximum Gasteiger partial charge on any atom is 0.147 e. The average Bonchev–Trinajstić information content (AvgIpc) is 2.36. The second-order valence-corrected chi connectivity index (χ2v) is 5.12. The maximum atomic E-state index is 9.36. The molecule has 0 aliphatic heterocycles. The lowest BCUT2D eigenvalue weighted by molar-refractivity contribution is 0.194. The summed E-state index contributed by atoms with van der Waals surface area (Å²) in [6.45, 7) is 1.64. The van der Waals surface area contributed by atoms with Crippen molar-refractivity contribution in [2.45, 2.75) is 13.0 Å². The molecular formula is C13H10Cl3NO2. The van der Waals surface area contributed by atoms with E-state index < -0.39 is 6.10 Å². The molecule has 0 spiro atoms. The largest absolute Gasteiger partial charge is 0.454 e. The zero-order valence-corrected chi connectivity index (χ0v) is 12.2. The Morgan fingerprint density at radius 3 is 2.37 bits per heavy atom. The second-order valence-electron chi connectivity index (χ2n) is 3.89. The molecule has 1 heterocycles. The lowest BCUT2D eigenvalue weighted by atomic mass is 10.2. The van der Waals surface area contributed by atoms with Crippen LogP contribution in [0.15, 0.2) is 30.5 Å². The van der Waals surface area contributed by atoms with Crippen molar-refractivity contribution in [3.05, 3.63) is 51.2 Å². The van der Waals surface area contributed by atoms with E-state index in [9.17, 15) is 5.11 Å². The number of benzene rings is 1. The van der Waals surface area contributed by atoms with Crippen LogP contribution in [0.4, 0.5) is 0 Å². The minimum absolute atomic E-state index is 0.356. The van der Waals surface area contributed by atoms with Gasteiger partial charge in [-0.25, -0.2) is 0 Å². The first kappa shape index (κ1) is 14.4. The Morgan fingerprint density at radius 1 is 1.11 bits per heavy atom. The molecule has 100 valence electrons. The number of aromatic nitrogens is 1. The van der Waals surface area contributed by atoms with E-state index in [1.807, 2.05) is 0 Å². The molecule has 2 aromatic rings. The van der Waals surface area contributed by atoms with E-state index in [4.69, 9.17) is 39.5 Å². The summed E-state index contributed by atoms with van der Waals surface area (Å²) in [4.78, 5) is 4.07. The first-order chi connectivity index (χ1) is 8.97. The number of aliphatic hydroxyl groups is 1. The average molecular weight is 319 g/mol. The van der Waals surface area contributed by atoms with Crippen LogP contribution in [0.3, 0.4) is 0 Å². The van der Waals surface area contributed by atoms with Gasteiger partial charge in [0.05, 0.1) is 33.1 Å². The fourth-order valence-electron chi connectivity index (χ4n) is 1.41. The monoisotopic (exact) mass is 317 g/mol. The second kappa shape index (κ2) is 5.97. The third kappa shape index (κ3) is 3.51. The summed E-state index contributed by atoms with van der Waals surface area (Å²) in [5, 5.41) is 10.4. The quantitative estimate of drug-likeness (QED) is 0.819. The number of hydrogen-bond acceptors (Lipinski definition) is 3. The first-order valence-electron chi connectivity index (χ1n) is 5.44. The van der Waals surface area contributed by atoms with Crippen LogP contribution >= 0.6 is 34.8 Å². The molecule has 0 fully saturated rings. The van der Waals surface area contributed by atoms with Gasteiger partial charge in [0.15, 0.2) is 0 Å². The van der Waals surface area contributed by atoms with Gasteiger partial charge in [0, 0.05) is 6.07 Å². The Labute approximate surface area is 125 Å². The van der Waals surface area contributed by atoms with Crippen molar-refractivity contribution < 1.29 is 9.84 Å². The molecule has 0 aliphatic rings. The van der Waals surface area contributed by atoms with Gasteiger partial charge in [0.25, 0.3) is 0 Å². The topological polar surface area (TPSA) is 42.4 Å². The number of ether oxygens (including phenoxy) is 1. The van der Waals surface area contributed by atoms with Crippen LogP contribution in [0.1, 0.15) is 18.7 Å². The zero-order chi connectivity index (χ0) is 14.0. The number of aliphatic hydroxyl groups excluding tert-OH is 1. The van der Waals surface area contributed by atoms with E-state index in [1.54, 1.807) is 19.1 Å².